The third kappa shape index (κ3) is 3.22. The molecule has 0 spiro atoms. The molecule has 1 atom stereocenters. The summed E-state index contributed by atoms with van der Waals surface area (Å²) in [4.78, 5) is 0.333. The molecule has 3 rings (SSSR count). The Balaban J connectivity index is 1.72. The number of fused-ring (bicyclic) bond motifs is 1. The van der Waals surface area contributed by atoms with Gasteiger partial charge in [0.2, 0.25) is 10.0 Å². The molecular weight excluding hydrogens is 288 g/mol. The predicted octanol–water partition coefficient (Wildman–Crippen LogP) is 1.29. The largest absolute Gasteiger partial charge is 0.493 e. The van der Waals surface area contributed by atoms with Gasteiger partial charge in [0.1, 0.15) is 5.75 Å². The summed E-state index contributed by atoms with van der Waals surface area (Å²) in [6.45, 7) is 5.10. The molecule has 1 aromatic carbocycles. The van der Waals surface area contributed by atoms with Gasteiger partial charge in [-0.15, -0.1) is 0 Å². The van der Waals surface area contributed by atoms with E-state index in [1.807, 2.05) is 0 Å². The Hall–Kier alpha value is -1.11. The van der Waals surface area contributed by atoms with Crippen molar-refractivity contribution in [1.29, 1.82) is 0 Å². The molecular formula is C15H22N2O3S. The number of ether oxygens (including phenoxy) is 1. The molecule has 0 aromatic heterocycles. The molecule has 6 heteroatoms. The third-order valence-electron chi connectivity index (χ3n) is 4.35. The zero-order valence-corrected chi connectivity index (χ0v) is 13.1. The minimum Gasteiger partial charge on any atom is -0.493 e. The first kappa shape index (κ1) is 14.8. The summed E-state index contributed by atoms with van der Waals surface area (Å²) in [6, 6.07) is 5.10. The van der Waals surface area contributed by atoms with Crippen molar-refractivity contribution in [3.63, 3.8) is 0 Å². The molecule has 1 aromatic rings. The Morgan fingerprint density at radius 2 is 2.29 bits per heavy atom. The van der Waals surface area contributed by atoms with E-state index in [4.69, 9.17) is 4.74 Å². The lowest BCUT2D eigenvalue weighted by atomic mass is 9.83. The molecule has 0 radical (unpaired) electrons. The van der Waals surface area contributed by atoms with Gasteiger partial charge >= 0.3 is 0 Å². The molecule has 2 aliphatic heterocycles. The lowest BCUT2D eigenvalue weighted by Crippen LogP contribution is -2.45. The van der Waals surface area contributed by atoms with Gasteiger partial charge in [-0.05, 0) is 48.6 Å². The Morgan fingerprint density at radius 3 is 3.05 bits per heavy atom. The van der Waals surface area contributed by atoms with Crippen molar-refractivity contribution >= 4 is 10.0 Å². The highest BCUT2D eigenvalue weighted by atomic mass is 32.2. The van der Waals surface area contributed by atoms with Crippen LogP contribution in [-0.2, 0) is 16.4 Å². The summed E-state index contributed by atoms with van der Waals surface area (Å²) >= 11 is 0. The van der Waals surface area contributed by atoms with E-state index in [2.05, 4.69) is 17.0 Å². The van der Waals surface area contributed by atoms with Gasteiger partial charge < -0.3 is 10.1 Å². The van der Waals surface area contributed by atoms with Crippen molar-refractivity contribution < 1.29 is 13.2 Å². The number of hydrogen-bond donors (Lipinski definition) is 2. The third-order valence-corrected chi connectivity index (χ3v) is 5.74. The van der Waals surface area contributed by atoms with Crippen LogP contribution in [-0.4, -0.2) is 34.7 Å². The average Bonchev–Trinajstić information content (AvgIpc) is 2.94. The molecule has 2 N–H and O–H groups in total. The highest BCUT2D eigenvalue weighted by molar-refractivity contribution is 7.89. The van der Waals surface area contributed by atoms with Gasteiger partial charge in [-0.3, -0.25) is 0 Å². The molecule has 21 heavy (non-hydrogen) atoms. The van der Waals surface area contributed by atoms with Crippen molar-refractivity contribution in [1.82, 2.24) is 10.0 Å². The molecule has 2 heterocycles. The Morgan fingerprint density at radius 1 is 1.43 bits per heavy atom. The van der Waals surface area contributed by atoms with E-state index in [0.717, 1.165) is 43.7 Å². The van der Waals surface area contributed by atoms with E-state index >= 15 is 0 Å². The number of benzene rings is 1. The number of piperidine rings is 1. The van der Waals surface area contributed by atoms with Crippen LogP contribution in [0.25, 0.3) is 0 Å². The zero-order valence-electron chi connectivity index (χ0n) is 12.3. The molecule has 0 bridgehead atoms. The molecule has 2 aliphatic rings. The van der Waals surface area contributed by atoms with E-state index in [1.54, 1.807) is 18.2 Å². The molecule has 0 saturated carbocycles. The van der Waals surface area contributed by atoms with Crippen LogP contribution in [0.4, 0.5) is 0 Å². The van der Waals surface area contributed by atoms with Crippen molar-refractivity contribution in [3.8, 4) is 5.75 Å². The van der Waals surface area contributed by atoms with Crippen LogP contribution >= 0.6 is 0 Å². The van der Waals surface area contributed by atoms with Crippen molar-refractivity contribution in [3.05, 3.63) is 23.8 Å². The van der Waals surface area contributed by atoms with E-state index in [9.17, 15) is 8.42 Å². The number of rotatable bonds is 4. The Bertz CT molecular complexity index is 622. The summed E-state index contributed by atoms with van der Waals surface area (Å²) in [5, 5.41) is 3.33. The van der Waals surface area contributed by atoms with Crippen LogP contribution in [0.1, 0.15) is 25.3 Å². The van der Waals surface area contributed by atoms with Crippen LogP contribution < -0.4 is 14.8 Å². The smallest absolute Gasteiger partial charge is 0.240 e. The normalized spacial score (nSPS) is 25.4. The maximum absolute atomic E-state index is 12.4. The first-order valence-electron chi connectivity index (χ1n) is 7.45. The lowest BCUT2D eigenvalue weighted by Gasteiger charge is -2.34. The van der Waals surface area contributed by atoms with Crippen molar-refractivity contribution in [2.24, 2.45) is 5.41 Å². The Labute approximate surface area is 126 Å². The highest BCUT2D eigenvalue weighted by Crippen LogP contribution is 2.28. The van der Waals surface area contributed by atoms with Crippen molar-refractivity contribution in [2.75, 3.05) is 26.2 Å². The average molecular weight is 310 g/mol. The van der Waals surface area contributed by atoms with Crippen LogP contribution in [0.2, 0.25) is 0 Å². The molecule has 116 valence electrons. The van der Waals surface area contributed by atoms with Crippen molar-refractivity contribution in [2.45, 2.75) is 31.1 Å². The number of hydrogen-bond acceptors (Lipinski definition) is 4. The predicted molar refractivity (Wildman–Crippen MR) is 81.0 cm³/mol. The van der Waals surface area contributed by atoms with Gasteiger partial charge in [-0.25, -0.2) is 13.1 Å². The highest BCUT2D eigenvalue weighted by Gasteiger charge is 2.29. The van der Waals surface area contributed by atoms with E-state index in [0.29, 0.717) is 18.0 Å². The fourth-order valence-electron chi connectivity index (χ4n) is 2.95. The molecule has 1 fully saturated rings. The van der Waals surface area contributed by atoms with Gasteiger partial charge in [-0.1, -0.05) is 6.92 Å². The molecule has 0 aliphatic carbocycles. The van der Waals surface area contributed by atoms with Gasteiger partial charge in [0.05, 0.1) is 11.5 Å². The topological polar surface area (TPSA) is 67.4 Å². The van der Waals surface area contributed by atoms with E-state index < -0.39 is 10.0 Å². The van der Waals surface area contributed by atoms with Gasteiger partial charge in [0, 0.05) is 19.5 Å². The molecule has 5 nitrogen and oxygen atoms in total. The SMILES string of the molecule is CC1(CNS(=O)(=O)c2ccc3c(c2)CCO3)CCCNC1. The van der Waals surface area contributed by atoms with Crippen LogP contribution in [0.5, 0.6) is 5.75 Å². The van der Waals surface area contributed by atoms with E-state index in [-0.39, 0.29) is 5.41 Å². The van der Waals surface area contributed by atoms with E-state index in [1.165, 1.54) is 0 Å². The van der Waals surface area contributed by atoms with Crippen LogP contribution in [0, 0.1) is 5.41 Å². The van der Waals surface area contributed by atoms with Gasteiger partial charge in [0.15, 0.2) is 0 Å². The second-order valence-electron chi connectivity index (χ2n) is 6.28. The number of sulfonamides is 1. The lowest BCUT2D eigenvalue weighted by molar-refractivity contribution is 0.238. The van der Waals surface area contributed by atoms with Gasteiger partial charge in [-0.2, -0.15) is 0 Å². The molecule has 1 unspecified atom stereocenters. The zero-order chi connectivity index (χ0) is 14.9. The minimum absolute atomic E-state index is 0.00877. The standard InChI is InChI=1S/C15H22N2O3S/c1-15(6-2-7-16-10-15)11-17-21(18,19)13-3-4-14-12(9-13)5-8-20-14/h3-4,9,16-17H,2,5-8,10-11H2,1H3. The first-order valence-corrected chi connectivity index (χ1v) is 8.93. The first-order chi connectivity index (χ1) is 9.99. The van der Waals surface area contributed by atoms with Gasteiger partial charge in [0.25, 0.3) is 0 Å². The summed E-state index contributed by atoms with van der Waals surface area (Å²) < 4.78 is 33.1. The number of nitrogens with one attached hydrogen (secondary N) is 2. The quantitative estimate of drug-likeness (QED) is 0.879. The summed E-state index contributed by atoms with van der Waals surface area (Å²) in [7, 11) is -3.45. The second-order valence-corrected chi connectivity index (χ2v) is 8.05. The Kier molecular flexibility index (Phi) is 3.94. The summed E-state index contributed by atoms with van der Waals surface area (Å²) in [5.74, 6) is 0.803. The molecule has 0 amide bonds. The monoisotopic (exact) mass is 310 g/mol. The second kappa shape index (κ2) is 5.59. The maximum Gasteiger partial charge on any atom is 0.240 e. The molecule has 1 saturated heterocycles. The summed E-state index contributed by atoms with van der Waals surface area (Å²) in [6.07, 6.45) is 2.91. The fourth-order valence-corrected chi connectivity index (χ4v) is 4.20. The summed E-state index contributed by atoms with van der Waals surface area (Å²) in [5.41, 5.74) is 0.967. The van der Waals surface area contributed by atoms with Crippen LogP contribution in [0.3, 0.4) is 0 Å². The van der Waals surface area contributed by atoms with Crippen LogP contribution in [0.15, 0.2) is 23.1 Å². The maximum atomic E-state index is 12.4. The fraction of sp³-hybridized carbons (Fsp3) is 0.600. The minimum atomic E-state index is -3.45.